The zero-order valence-electron chi connectivity index (χ0n) is 9.65. The first-order chi connectivity index (χ1) is 7.49. The van der Waals surface area contributed by atoms with Gasteiger partial charge in [0.2, 0.25) is 0 Å². The van der Waals surface area contributed by atoms with Crippen molar-refractivity contribution >= 4 is 0 Å². The van der Waals surface area contributed by atoms with E-state index in [0.29, 0.717) is 6.54 Å². The highest BCUT2D eigenvalue weighted by atomic mass is 19.2. The quantitative estimate of drug-likeness (QED) is 0.783. The van der Waals surface area contributed by atoms with Crippen LogP contribution in [0.1, 0.15) is 32.4 Å². The van der Waals surface area contributed by atoms with Gasteiger partial charge < -0.3 is 5.32 Å². The molecule has 1 rings (SSSR count). The molecule has 1 unspecified atom stereocenters. The molecule has 0 spiro atoms. The van der Waals surface area contributed by atoms with Gasteiger partial charge in [0.1, 0.15) is 0 Å². The highest BCUT2D eigenvalue weighted by molar-refractivity contribution is 5.24. The molecule has 0 radical (unpaired) electrons. The molecule has 0 aliphatic heterocycles. The SMILES string of the molecule is CCNC(c1ccc(F)c(F)c1F)C(C)C. The van der Waals surface area contributed by atoms with Gasteiger partial charge in [-0.05, 0) is 18.5 Å². The van der Waals surface area contributed by atoms with E-state index in [1.807, 2.05) is 20.8 Å². The highest BCUT2D eigenvalue weighted by Gasteiger charge is 2.22. The van der Waals surface area contributed by atoms with Crippen molar-refractivity contribution in [2.24, 2.45) is 5.92 Å². The Morgan fingerprint density at radius 3 is 2.25 bits per heavy atom. The lowest BCUT2D eigenvalue weighted by Gasteiger charge is -2.22. The molecular formula is C12H16F3N. The zero-order chi connectivity index (χ0) is 12.3. The van der Waals surface area contributed by atoms with E-state index in [4.69, 9.17) is 0 Å². The third-order valence-electron chi connectivity index (χ3n) is 2.49. The number of hydrogen-bond acceptors (Lipinski definition) is 1. The first-order valence-electron chi connectivity index (χ1n) is 5.35. The molecule has 0 aromatic heterocycles. The molecule has 0 heterocycles. The predicted octanol–water partition coefficient (Wildman–Crippen LogP) is 3.41. The van der Waals surface area contributed by atoms with Gasteiger partial charge in [-0.15, -0.1) is 0 Å². The molecule has 4 heteroatoms. The highest BCUT2D eigenvalue weighted by Crippen LogP contribution is 2.26. The van der Waals surface area contributed by atoms with Crippen molar-refractivity contribution < 1.29 is 13.2 Å². The summed E-state index contributed by atoms with van der Waals surface area (Å²) in [4.78, 5) is 0. The second-order valence-corrected chi connectivity index (χ2v) is 4.04. The summed E-state index contributed by atoms with van der Waals surface area (Å²) >= 11 is 0. The minimum absolute atomic E-state index is 0.0966. The summed E-state index contributed by atoms with van der Waals surface area (Å²) in [5, 5.41) is 3.06. The molecule has 0 bridgehead atoms. The van der Waals surface area contributed by atoms with Gasteiger partial charge in [-0.3, -0.25) is 0 Å². The summed E-state index contributed by atoms with van der Waals surface area (Å²) in [6, 6.07) is 1.95. The maximum Gasteiger partial charge on any atom is 0.194 e. The molecule has 0 saturated carbocycles. The maximum atomic E-state index is 13.5. The second-order valence-electron chi connectivity index (χ2n) is 4.04. The Kier molecular flexibility index (Phi) is 4.35. The molecule has 1 aromatic carbocycles. The van der Waals surface area contributed by atoms with E-state index >= 15 is 0 Å². The number of nitrogens with one attached hydrogen (secondary N) is 1. The average Bonchev–Trinajstić information content (AvgIpc) is 2.24. The van der Waals surface area contributed by atoms with Crippen molar-refractivity contribution in [1.29, 1.82) is 0 Å². The molecule has 90 valence electrons. The van der Waals surface area contributed by atoms with Gasteiger partial charge in [0.15, 0.2) is 17.5 Å². The summed E-state index contributed by atoms with van der Waals surface area (Å²) in [7, 11) is 0. The van der Waals surface area contributed by atoms with E-state index in [2.05, 4.69) is 5.32 Å². The summed E-state index contributed by atoms with van der Waals surface area (Å²) in [5.41, 5.74) is 0.177. The third-order valence-corrected chi connectivity index (χ3v) is 2.49. The van der Waals surface area contributed by atoms with Crippen LogP contribution in [0.2, 0.25) is 0 Å². The van der Waals surface area contributed by atoms with Crippen LogP contribution in [0.15, 0.2) is 12.1 Å². The number of halogens is 3. The molecule has 0 amide bonds. The third kappa shape index (κ3) is 2.55. The Labute approximate surface area is 93.7 Å². The minimum atomic E-state index is -1.40. The van der Waals surface area contributed by atoms with Gasteiger partial charge in [0, 0.05) is 11.6 Å². The Bertz CT molecular complexity index is 364. The van der Waals surface area contributed by atoms with E-state index in [1.165, 1.54) is 6.07 Å². The summed E-state index contributed by atoms with van der Waals surface area (Å²) < 4.78 is 39.4. The molecule has 0 aliphatic carbocycles. The Balaban J connectivity index is 3.15. The number of benzene rings is 1. The van der Waals surface area contributed by atoms with Crippen molar-refractivity contribution in [3.05, 3.63) is 35.1 Å². The van der Waals surface area contributed by atoms with Gasteiger partial charge in [0.05, 0.1) is 0 Å². The summed E-state index contributed by atoms with van der Waals surface area (Å²) in [6.07, 6.45) is 0. The van der Waals surface area contributed by atoms with E-state index < -0.39 is 17.5 Å². The van der Waals surface area contributed by atoms with Crippen molar-refractivity contribution in [1.82, 2.24) is 5.32 Å². The van der Waals surface area contributed by atoms with Gasteiger partial charge in [0.25, 0.3) is 0 Å². The van der Waals surface area contributed by atoms with Crippen LogP contribution in [0, 0.1) is 23.4 Å². The number of hydrogen-bond donors (Lipinski definition) is 1. The van der Waals surface area contributed by atoms with Crippen molar-refractivity contribution in [3.8, 4) is 0 Å². The van der Waals surface area contributed by atoms with E-state index in [-0.39, 0.29) is 17.5 Å². The van der Waals surface area contributed by atoms with E-state index in [9.17, 15) is 13.2 Å². The lowest BCUT2D eigenvalue weighted by Crippen LogP contribution is -2.26. The molecular weight excluding hydrogens is 215 g/mol. The van der Waals surface area contributed by atoms with Crippen LogP contribution in [0.5, 0.6) is 0 Å². The molecule has 16 heavy (non-hydrogen) atoms. The van der Waals surface area contributed by atoms with Crippen molar-refractivity contribution in [3.63, 3.8) is 0 Å². The number of rotatable bonds is 4. The molecule has 0 fully saturated rings. The fourth-order valence-electron chi connectivity index (χ4n) is 1.71. The lowest BCUT2D eigenvalue weighted by atomic mass is 9.95. The van der Waals surface area contributed by atoms with Crippen LogP contribution in [0.25, 0.3) is 0 Å². The van der Waals surface area contributed by atoms with Gasteiger partial charge in [-0.2, -0.15) is 0 Å². The standard InChI is InChI=1S/C12H16F3N/c1-4-16-12(7(2)3)8-5-6-9(13)11(15)10(8)14/h5-7,12,16H,4H2,1-3H3. The topological polar surface area (TPSA) is 12.0 Å². The Morgan fingerprint density at radius 2 is 1.75 bits per heavy atom. The van der Waals surface area contributed by atoms with Gasteiger partial charge >= 0.3 is 0 Å². The molecule has 1 atom stereocenters. The van der Waals surface area contributed by atoms with Crippen molar-refractivity contribution in [2.75, 3.05) is 6.54 Å². The first kappa shape index (κ1) is 13.0. The molecule has 1 N–H and O–H groups in total. The van der Waals surface area contributed by atoms with Crippen LogP contribution >= 0.6 is 0 Å². The van der Waals surface area contributed by atoms with Crippen LogP contribution < -0.4 is 5.32 Å². The van der Waals surface area contributed by atoms with Gasteiger partial charge in [-0.25, -0.2) is 13.2 Å². The monoisotopic (exact) mass is 231 g/mol. The lowest BCUT2D eigenvalue weighted by molar-refractivity contribution is 0.383. The fourth-order valence-corrected chi connectivity index (χ4v) is 1.71. The average molecular weight is 231 g/mol. The second kappa shape index (κ2) is 5.34. The largest absolute Gasteiger partial charge is 0.310 e. The van der Waals surface area contributed by atoms with Crippen LogP contribution in [0.3, 0.4) is 0 Å². The van der Waals surface area contributed by atoms with Crippen LogP contribution in [-0.4, -0.2) is 6.54 Å². The zero-order valence-corrected chi connectivity index (χ0v) is 9.65. The minimum Gasteiger partial charge on any atom is -0.310 e. The van der Waals surface area contributed by atoms with Crippen LogP contribution in [-0.2, 0) is 0 Å². The predicted molar refractivity (Wildman–Crippen MR) is 57.6 cm³/mol. The smallest absolute Gasteiger partial charge is 0.194 e. The normalized spacial score (nSPS) is 13.2. The fraction of sp³-hybridized carbons (Fsp3) is 0.500. The Morgan fingerprint density at radius 1 is 1.12 bits per heavy atom. The van der Waals surface area contributed by atoms with E-state index in [0.717, 1.165) is 6.07 Å². The molecule has 0 saturated heterocycles. The Hall–Kier alpha value is -1.03. The van der Waals surface area contributed by atoms with Gasteiger partial charge in [-0.1, -0.05) is 26.8 Å². The summed E-state index contributed by atoms with van der Waals surface area (Å²) in [6.45, 7) is 6.32. The van der Waals surface area contributed by atoms with Crippen molar-refractivity contribution in [2.45, 2.75) is 26.8 Å². The maximum absolute atomic E-state index is 13.5. The molecule has 1 nitrogen and oxygen atoms in total. The summed E-state index contributed by atoms with van der Waals surface area (Å²) in [5.74, 6) is -3.56. The van der Waals surface area contributed by atoms with Crippen LogP contribution in [0.4, 0.5) is 13.2 Å². The first-order valence-corrected chi connectivity index (χ1v) is 5.35. The molecule has 0 aliphatic rings. The van der Waals surface area contributed by atoms with E-state index in [1.54, 1.807) is 0 Å². The molecule has 1 aromatic rings.